The minimum absolute atomic E-state index is 0.0429. The van der Waals surface area contributed by atoms with Crippen LogP contribution in [-0.4, -0.2) is 87.1 Å². The summed E-state index contributed by atoms with van der Waals surface area (Å²) in [6.07, 6.45) is -6.18. The topological polar surface area (TPSA) is 142 Å². The molecule has 0 N–H and O–H groups in total. The molecular weight excluding hydrogens is 580 g/mol. The first-order valence-corrected chi connectivity index (χ1v) is 15.6. The Kier molecular flexibility index (Phi) is 9.31. The molecule has 2 aromatic rings. The summed E-state index contributed by atoms with van der Waals surface area (Å²) in [7, 11) is -4.47. The van der Waals surface area contributed by atoms with Crippen LogP contribution in [0.3, 0.4) is 0 Å². The normalized spacial score (nSPS) is 32.4. The lowest BCUT2D eigenvalue weighted by molar-refractivity contribution is -0.477. The molecule has 0 unspecified atom stereocenters. The van der Waals surface area contributed by atoms with Crippen LogP contribution in [0.25, 0.3) is 0 Å². The number of fused-ring (bicyclic) bond motifs is 1. The van der Waals surface area contributed by atoms with Gasteiger partial charge in [-0.3, -0.25) is 8.37 Å². The molecule has 2 aromatic carbocycles. The molecule has 228 valence electrons. The van der Waals surface area contributed by atoms with Gasteiger partial charge >= 0.3 is 0 Å². The van der Waals surface area contributed by atoms with Crippen LogP contribution in [0.4, 0.5) is 0 Å². The van der Waals surface area contributed by atoms with Gasteiger partial charge in [-0.2, -0.15) is 16.8 Å². The smallest absolute Gasteiger partial charge is 0.297 e. The molecule has 0 spiro atoms. The first-order valence-electron chi connectivity index (χ1n) is 12.8. The second-order valence-electron chi connectivity index (χ2n) is 10.1. The Labute approximate surface area is 241 Å². The van der Waals surface area contributed by atoms with Crippen molar-refractivity contribution in [2.45, 2.75) is 79.8 Å². The third kappa shape index (κ3) is 6.37. The van der Waals surface area contributed by atoms with Gasteiger partial charge in [-0.05, 0) is 52.0 Å². The molecule has 0 radical (unpaired) electrons. The van der Waals surface area contributed by atoms with Gasteiger partial charge < -0.3 is 28.4 Å². The van der Waals surface area contributed by atoms with Crippen molar-refractivity contribution in [2.75, 3.05) is 27.9 Å². The van der Waals surface area contributed by atoms with Crippen molar-refractivity contribution in [3.05, 3.63) is 59.7 Å². The summed E-state index contributed by atoms with van der Waals surface area (Å²) in [5, 5.41) is 0. The molecule has 2 aliphatic heterocycles. The van der Waals surface area contributed by atoms with E-state index in [1.54, 1.807) is 38.1 Å². The van der Waals surface area contributed by atoms with Gasteiger partial charge in [0.15, 0.2) is 12.4 Å². The SMILES string of the molecule is CO[C@H]1O[C@H](COS(=O)(=O)c2ccc(C)cc2)[C@H]2O[C@](C)(OC)[C@@](C)(OC)O[C@@H]2[C@@H]1OS(=O)(=O)c1ccc(C)cc1. The van der Waals surface area contributed by atoms with E-state index < -0.39 is 69.1 Å². The number of methoxy groups -OCH3 is 3. The van der Waals surface area contributed by atoms with E-state index in [0.717, 1.165) is 11.1 Å². The third-order valence-corrected chi connectivity index (χ3v) is 10.0. The second-order valence-corrected chi connectivity index (χ2v) is 13.3. The van der Waals surface area contributed by atoms with Crippen LogP contribution in [-0.2, 0) is 57.0 Å². The van der Waals surface area contributed by atoms with E-state index in [1.165, 1.54) is 45.6 Å². The van der Waals surface area contributed by atoms with E-state index in [-0.39, 0.29) is 9.79 Å². The standard InChI is InChI=1S/C27H36O12S2/c1-17-8-12-19(13-9-17)40(28,29)35-16-21-22-23(38-27(4,34-7)26(3,33-6)37-22)24(25(32-5)36-21)39-41(30,31)20-14-10-18(2)11-15-20/h8-15,21-25H,16H2,1-7H3/t21-,22-,23+,24+,25+,26+,27+/m1/s1. The lowest BCUT2D eigenvalue weighted by Crippen LogP contribution is -2.73. The zero-order chi connectivity index (χ0) is 30.2. The van der Waals surface area contributed by atoms with Crippen molar-refractivity contribution in [1.29, 1.82) is 0 Å². The van der Waals surface area contributed by atoms with Crippen molar-refractivity contribution in [3.63, 3.8) is 0 Å². The minimum Gasteiger partial charge on any atom is -0.353 e. The summed E-state index contributed by atoms with van der Waals surface area (Å²) in [6, 6.07) is 12.3. The van der Waals surface area contributed by atoms with Crippen LogP contribution in [0.15, 0.2) is 58.3 Å². The number of benzene rings is 2. The summed E-state index contributed by atoms with van der Waals surface area (Å²) in [4.78, 5) is -0.129. The molecule has 2 aliphatic rings. The lowest BCUT2D eigenvalue weighted by atomic mass is 9.94. The maximum Gasteiger partial charge on any atom is 0.297 e. The van der Waals surface area contributed by atoms with Crippen LogP contribution >= 0.6 is 0 Å². The van der Waals surface area contributed by atoms with Gasteiger partial charge in [0.2, 0.25) is 11.6 Å². The molecule has 2 heterocycles. The Balaban J connectivity index is 1.68. The van der Waals surface area contributed by atoms with Crippen LogP contribution in [0.1, 0.15) is 25.0 Å². The summed E-state index contributed by atoms with van der Waals surface area (Å²) < 4.78 is 98.8. The Morgan fingerprint density at radius 3 is 1.66 bits per heavy atom. The first-order chi connectivity index (χ1) is 19.2. The van der Waals surface area contributed by atoms with E-state index >= 15 is 0 Å². The molecule has 2 fully saturated rings. The monoisotopic (exact) mass is 616 g/mol. The Morgan fingerprint density at radius 2 is 1.20 bits per heavy atom. The molecule has 0 amide bonds. The Hall–Kier alpha value is -1.98. The Bertz CT molecular complexity index is 1410. The molecule has 7 atom stereocenters. The van der Waals surface area contributed by atoms with Gasteiger partial charge in [0, 0.05) is 21.3 Å². The number of rotatable bonds is 10. The van der Waals surface area contributed by atoms with Crippen LogP contribution in [0.5, 0.6) is 0 Å². The van der Waals surface area contributed by atoms with E-state index in [9.17, 15) is 16.8 Å². The fraction of sp³-hybridized carbons (Fsp3) is 0.556. The second kappa shape index (κ2) is 12.0. The molecule has 4 rings (SSSR count). The zero-order valence-corrected chi connectivity index (χ0v) is 25.6. The van der Waals surface area contributed by atoms with Crippen molar-refractivity contribution < 1.29 is 53.6 Å². The molecule has 14 heteroatoms. The average Bonchev–Trinajstić information content (AvgIpc) is 2.94. The lowest BCUT2D eigenvalue weighted by Gasteiger charge is -2.56. The van der Waals surface area contributed by atoms with Gasteiger partial charge in [0.1, 0.15) is 18.3 Å². The highest BCUT2D eigenvalue weighted by atomic mass is 32.2. The predicted molar refractivity (Wildman–Crippen MR) is 144 cm³/mol. The highest BCUT2D eigenvalue weighted by Gasteiger charge is 2.63. The minimum atomic E-state index is -4.34. The quantitative estimate of drug-likeness (QED) is 0.362. The molecular formula is C27H36O12S2. The summed E-state index contributed by atoms with van der Waals surface area (Å²) >= 11 is 0. The van der Waals surface area contributed by atoms with Crippen LogP contribution in [0, 0.1) is 13.8 Å². The maximum absolute atomic E-state index is 13.3. The number of aryl methyl sites for hydroxylation is 2. The van der Waals surface area contributed by atoms with Crippen LogP contribution < -0.4 is 0 Å². The zero-order valence-electron chi connectivity index (χ0n) is 23.9. The molecule has 0 bridgehead atoms. The maximum atomic E-state index is 13.3. The highest BCUT2D eigenvalue weighted by molar-refractivity contribution is 7.87. The molecule has 12 nitrogen and oxygen atoms in total. The van der Waals surface area contributed by atoms with Gasteiger partial charge in [0.25, 0.3) is 20.2 Å². The summed E-state index contributed by atoms with van der Waals surface area (Å²) in [6.45, 7) is 6.26. The van der Waals surface area contributed by atoms with Crippen LogP contribution in [0.2, 0.25) is 0 Å². The van der Waals surface area contributed by atoms with Gasteiger partial charge in [-0.15, -0.1) is 0 Å². The van der Waals surface area contributed by atoms with Crippen molar-refractivity contribution in [2.24, 2.45) is 0 Å². The number of ether oxygens (including phenoxy) is 6. The van der Waals surface area contributed by atoms with E-state index in [1.807, 2.05) is 13.8 Å². The van der Waals surface area contributed by atoms with Gasteiger partial charge in [-0.25, -0.2) is 0 Å². The van der Waals surface area contributed by atoms with E-state index in [4.69, 9.17) is 36.8 Å². The molecule has 0 saturated carbocycles. The molecule has 41 heavy (non-hydrogen) atoms. The highest BCUT2D eigenvalue weighted by Crippen LogP contribution is 2.45. The van der Waals surface area contributed by atoms with Gasteiger partial charge in [-0.1, -0.05) is 35.4 Å². The van der Waals surface area contributed by atoms with Crippen molar-refractivity contribution >= 4 is 20.2 Å². The van der Waals surface area contributed by atoms with Crippen molar-refractivity contribution in [3.8, 4) is 0 Å². The van der Waals surface area contributed by atoms with E-state index in [2.05, 4.69) is 0 Å². The largest absolute Gasteiger partial charge is 0.353 e. The molecule has 0 aromatic heterocycles. The predicted octanol–water partition coefficient (Wildman–Crippen LogP) is 2.66. The van der Waals surface area contributed by atoms with Crippen molar-refractivity contribution in [1.82, 2.24) is 0 Å². The summed E-state index contributed by atoms with van der Waals surface area (Å²) in [5.74, 6) is -3.08. The van der Waals surface area contributed by atoms with Gasteiger partial charge in [0.05, 0.1) is 16.4 Å². The number of hydrogen-bond donors (Lipinski definition) is 0. The molecule has 0 aliphatic carbocycles. The Morgan fingerprint density at radius 1 is 0.732 bits per heavy atom. The third-order valence-electron chi connectivity index (χ3n) is 7.39. The number of hydrogen-bond acceptors (Lipinski definition) is 12. The fourth-order valence-corrected chi connectivity index (χ4v) is 6.61. The average molecular weight is 617 g/mol. The first kappa shape index (κ1) is 31.9. The summed E-state index contributed by atoms with van der Waals surface area (Å²) in [5.41, 5.74) is 1.74. The molecule has 2 saturated heterocycles. The van der Waals surface area contributed by atoms with E-state index in [0.29, 0.717) is 0 Å². The fourth-order valence-electron chi connectivity index (χ4n) is 4.62.